The maximum Gasteiger partial charge on any atom is 0.224 e. The first-order valence-electron chi connectivity index (χ1n) is 5.24. The van der Waals surface area contributed by atoms with Crippen molar-refractivity contribution in [1.82, 2.24) is 9.97 Å². The lowest BCUT2D eigenvalue weighted by molar-refractivity contribution is 0.297. The minimum atomic E-state index is 0.0757. The highest BCUT2D eigenvalue weighted by Crippen LogP contribution is 2.24. The molecule has 0 spiro atoms. The van der Waals surface area contributed by atoms with Gasteiger partial charge in [0.15, 0.2) is 0 Å². The van der Waals surface area contributed by atoms with E-state index in [1.54, 1.807) is 6.07 Å². The zero-order chi connectivity index (χ0) is 12.1. The number of aromatic nitrogens is 2. The number of nitrogens with zero attached hydrogens (tertiary/aromatic N) is 2. The lowest BCUT2D eigenvalue weighted by Crippen LogP contribution is -1.97. The van der Waals surface area contributed by atoms with Gasteiger partial charge in [0, 0.05) is 12.7 Å². The molecule has 0 aliphatic heterocycles. The molecule has 0 saturated heterocycles. The lowest BCUT2D eigenvalue weighted by atomic mass is 10.1. The number of anilines is 1. The van der Waals surface area contributed by atoms with Crippen LogP contribution in [0.25, 0.3) is 0 Å². The third-order valence-corrected chi connectivity index (χ3v) is 2.23. The van der Waals surface area contributed by atoms with Crippen molar-refractivity contribution in [3.63, 3.8) is 0 Å². The van der Waals surface area contributed by atoms with Crippen LogP contribution in [-0.4, -0.2) is 21.7 Å². The van der Waals surface area contributed by atoms with Crippen molar-refractivity contribution >= 4 is 5.82 Å². The molecule has 1 heterocycles. The summed E-state index contributed by atoms with van der Waals surface area (Å²) in [6, 6.07) is 9.03. The number of ether oxygens (including phenoxy) is 1. The van der Waals surface area contributed by atoms with E-state index in [1.807, 2.05) is 24.3 Å². The van der Waals surface area contributed by atoms with Gasteiger partial charge in [0.2, 0.25) is 5.88 Å². The molecule has 1 aromatic heterocycles. The Kier molecular flexibility index (Phi) is 3.52. The smallest absolute Gasteiger partial charge is 0.224 e. The van der Waals surface area contributed by atoms with Crippen molar-refractivity contribution < 1.29 is 9.84 Å². The molecule has 0 amide bonds. The topological polar surface area (TPSA) is 81.3 Å². The second-order valence-electron chi connectivity index (χ2n) is 3.46. The standard InChI is InChI=1S/C12H13N3O2/c13-11-7-12(15-8-14-11)17-10-4-2-1-3-9(10)5-6-16/h1-4,7-8,16H,5-6H2,(H2,13,14,15). The highest BCUT2D eigenvalue weighted by molar-refractivity contribution is 5.38. The Labute approximate surface area is 98.9 Å². The van der Waals surface area contributed by atoms with Crippen molar-refractivity contribution in [2.75, 3.05) is 12.3 Å². The number of aliphatic hydroxyl groups excluding tert-OH is 1. The molecule has 2 aromatic rings. The Bertz CT molecular complexity index is 503. The molecule has 2 rings (SSSR count). The van der Waals surface area contributed by atoms with Crippen LogP contribution in [-0.2, 0) is 6.42 Å². The summed E-state index contributed by atoms with van der Waals surface area (Å²) < 4.78 is 5.60. The fraction of sp³-hybridized carbons (Fsp3) is 0.167. The van der Waals surface area contributed by atoms with Crippen LogP contribution in [0.5, 0.6) is 11.6 Å². The van der Waals surface area contributed by atoms with Crippen LogP contribution in [0.3, 0.4) is 0 Å². The fourth-order valence-corrected chi connectivity index (χ4v) is 1.45. The predicted molar refractivity (Wildman–Crippen MR) is 63.8 cm³/mol. The van der Waals surface area contributed by atoms with E-state index < -0.39 is 0 Å². The van der Waals surface area contributed by atoms with Gasteiger partial charge in [0.1, 0.15) is 17.9 Å². The first-order chi connectivity index (χ1) is 8.29. The van der Waals surface area contributed by atoms with Gasteiger partial charge in [0.05, 0.1) is 0 Å². The summed E-state index contributed by atoms with van der Waals surface area (Å²) in [5.41, 5.74) is 6.46. The monoisotopic (exact) mass is 231 g/mol. The van der Waals surface area contributed by atoms with Gasteiger partial charge in [0.25, 0.3) is 0 Å². The number of hydrogen-bond donors (Lipinski definition) is 2. The van der Waals surface area contributed by atoms with Gasteiger partial charge in [-0.2, -0.15) is 0 Å². The number of benzene rings is 1. The van der Waals surface area contributed by atoms with Crippen LogP contribution < -0.4 is 10.5 Å². The van der Waals surface area contributed by atoms with Crippen molar-refractivity contribution in [3.8, 4) is 11.6 Å². The summed E-state index contributed by atoms with van der Waals surface area (Å²) in [7, 11) is 0. The van der Waals surface area contributed by atoms with Gasteiger partial charge in [-0.3, -0.25) is 0 Å². The Morgan fingerprint density at radius 3 is 2.82 bits per heavy atom. The SMILES string of the molecule is Nc1cc(Oc2ccccc2CCO)ncn1. The molecule has 5 nitrogen and oxygen atoms in total. The summed E-state index contributed by atoms with van der Waals surface area (Å²) >= 11 is 0. The van der Waals surface area contributed by atoms with E-state index in [1.165, 1.54) is 6.33 Å². The summed E-state index contributed by atoms with van der Waals surface area (Å²) in [6.45, 7) is 0.0757. The van der Waals surface area contributed by atoms with Crippen LogP contribution >= 0.6 is 0 Å². The average Bonchev–Trinajstić information content (AvgIpc) is 2.32. The number of hydrogen-bond acceptors (Lipinski definition) is 5. The van der Waals surface area contributed by atoms with E-state index in [9.17, 15) is 0 Å². The number of rotatable bonds is 4. The zero-order valence-electron chi connectivity index (χ0n) is 9.21. The van der Waals surface area contributed by atoms with Crippen molar-refractivity contribution in [2.45, 2.75) is 6.42 Å². The molecule has 88 valence electrons. The van der Waals surface area contributed by atoms with Gasteiger partial charge < -0.3 is 15.6 Å². The van der Waals surface area contributed by atoms with E-state index in [2.05, 4.69) is 9.97 Å². The normalized spacial score (nSPS) is 10.2. The molecule has 0 fully saturated rings. The number of nitrogen functional groups attached to an aromatic ring is 1. The average molecular weight is 231 g/mol. The maximum absolute atomic E-state index is 8.95. The summed E-state index contributed by atoms with van der Waals surface area (Å²) in [5, 5.41) is 8.95. The molecule has 17 heavy (non-hydrogen) atoms. The second-order valence-corrected chi connectivity index (χ2v) is 3.46. The molecule has 0 aliphatic carbocycles. The Morgan fingerprint density at radius 1 is 1.24 bits per heavy atom. The number of aliphatic hydroxyl groups is 1. The van der Waals surface area contributed by atoms with Gasteiger partial charge in [-0.25, -0.2) is 9.97 Å². The van der Waals surface area contributed by atoms with E-state index in [0.29, 0.717) is 23.9 Å². The van der Waals surface area contributed by atoms with Gasteiger partial charge in [-0.15, -0.1) is 0 Å². The molecular weight excluding hydrogens is 218 g/mol. The third-order valence-electron chi connectivity index (χ3n) is 2.23. The molecule has 5 heteroatoms. The number of nitrogens with two attached hydrogens (primary N) is 1. The summed E-state index contributed by atoms with van der Waals surface area (Å²) in [5.74, 6) is 1.41. The van der Waals surface area contributed by atoms with Crippen molar-refractivity contribution in [3.05, 3.63) is 42.2 Å². The Balaban J connectivity index is 2.23. The first kappa shape index (κ1) is 11.3. The van der Waals surface area contributed by atoms with Crippen LogP contribution in [0.15, 0.2) is 36.7 Å². The second kappa shape index (κ2) is 5.27. The maximum atomic E-state index is 8.95. The highest BCUT2D eigenvalue weighted by atomic mass is 16.5. The lowest BCUT2D eigenvalue weighted by Gasteiger charge is -2.09. The molecule has 0 saturated carbocycles. The largest absolute Gasteiger partial charge is 0.439 e. The molecule has 0 unspecified atom stereocenters. The van der Waals surface area contributed by atoms with Crippen LogP contribution in [0.1, 0.15) is 5.56 Å². The van der Waals surface area contributed by atoms with E-state index in [4.69, 9.17) is 15.6 Å². The minimum Gasteiger partial charge on any atom is -0.439 e. The summed E-state index contributed by atoms with van der Waals surface area (Å²) in [4.78, 5) is 7.75. The minimum absolute atomic E-state index is 0.0757. The van der Waals surface area contributed by atoms with Crippen molar-refractivity contribution in [1.29, 1.82) is 0 Å². The highest BCUT2D eigenvalue weighted by Gasteiger charge is 2.05. The molecule has 3 N–H and O–H groups in total. The number of para-hydroxylation sites is 1. The Morgan fingerprint density at radius 2 is 2.06 bits per heavy atom. The van der Waals surface area contributed by atoms with Gasteiger partial charge >= 0.3 is 0 Å². The first-order valence-corrected chi connectivity index (χ1v) is 5.24. The molecule has 1 aromatic carbocycles. The molecule has 0 bridgehead atoms. The van der Waals surface area contributed by atoms with E-state index >= 15 is 0 Å². The van der Waals surface area contributed by atoms with Crippen molar-refractivity contribution in [2.24, 2.45) is 0 Å². The van der Waals surface area contributed by atoms with Crippen LogP contribution in [0.4, 0.5) is 5.82 Å². The van der Waals surface area contributed by atoms with Crippen LogP contribution in [0.2, 0.25) is 0 Å². The van der Waals surface area contributed by atoms with Crippen LogP contribution in [0, 0.1) is 0 Å². The van der Waals surface area contributed by atoms with E-state index in [0.717, 1.165) is 5.56 Å². The third kappa shape index (κ3) is 2.92. The van der Waals surface area contributed by atoms with E-state index in [-0.39, 0.29) is 6.61 Å². The molecule has 0 aliphatic rings. The molecule has 0 radical (unpaired) electrons. The summed E-state index contributed by atoms with van der Waals surface area (Å²) in [6.07, 6.45) is 1.88. The molecular formula is C12H13N3O2. The Hall–Kier alpha value is -2.14. The van der Waals surface area contributed by atoms with Gasteiger partial charge in [-0.05, 0) is 18.1 Å². The quantitative estimate of drug-likeness (QED) is 0.830. The predicted octanol–water partition coefficient (Wildman–Crippen LogP) is 1.39. The van der Waals surface area contributed by atoms with Gasteiger partial charge in [-0.1, -0.05) is 18.2 Å². The molecule has 0 atom stereocenters. The zero-order valence-corrected chi connectivity index (χ0v) is 9.21. The fourth-order valence-electron chi connectivity index (χ4n) is 1.45.